The largest absolute Gasteiger partial charge is 0.327 e. The van der Waals surface area contributed by atoms with Gasteiger partial charge in [-0.2, -0.15) is 0 Å². The molecule has 1 heterocycles. The molecule has 1 aliphatic carbocycles. The van der Waals surface area contributed by atoms with Crippen molar-refractivity contribution in [2.75, 3.05) is 20.1 Å². The normalized spacial score (nSPS) is 40.9. The minimum atomic E-state index is 0.559. The van der Waals surface area contributed by atoms with Gasteiger partial charge in [0.15, 0.2) is 0 Å². The van der Waals surface area contributed by atoms with E-state index in [0.29, 0.717) is 6.04 Å². The number of likely N-dealkylation sites (tertiary alicyclic amines) is 1. The van der Waals surface area contributed by atoms with Gasteiger partial charge in [0.2, 0.25) is 0 Å². The Morgan fingerprint density at radius 1 is 1.27 bits per heavy atom. The second kappa shape index (κ2) is 2.76. The molecule has 2 fully saturated rings. The number of nitrogens with zero attached hydrogens (tertiary/aromatic N) is 1. The summed E-state index contributed by atoms with van der Waals surface area (Å²) in [4.78, 5) is 2.42. The molecule has 0 aromatic carbocycles. The van der Waals surface area contributed by atoms with Gasteiger partial charge in [0.25, 0.3) is 0 Å². The summed E-state index contributed by atoms with van der Waals surface area (Å²) < 4.78 is 0. The van der Waals surface area contributed by atoms with Gasteiger partial charge in [-0.3, -0.25) is 0 Å². The molecular weight excluding hydrogens is 136 g/mol. The Balaban J connectivity index is 1.79. The molecule has 0 bridgehead atoms. The lowest BCUT2D eigenvalue weighted by Gasteiger charge is -2.28. The first-order valence-electron chi connectivity index (χ1n) is 4.71. The average Bonchev–Trinajstić information content (AvgIpc) is 2.69. The topological polar surface area (TPSA) is 29.3 Å². The molecule has 1 saturated heterocycles. The van der Waals surface area contributed by atoms with E-state index in [0.717, 1.165) is 11.8 Å². The summed E-state index contributed by atoms with van der Waals surface area (Å²) in [6.45, 7) is 2.57. The Morgan fingerprint density at radius 3 is 2.27 bits per heavy atom. The van der Waals surface area contributed by atoms with Crippen molar-refractivity contribution >= 4 is 0 Å². The maximum Gasteiger partial charge on any atom is 0.00737 e. The molecule has 2 aliphatic rings. The van der Waals surface area contributed by atoms with E-state index in [-0.39, 0.29) is 0 Å². The summed E-state index contributed by atoms with van der Waals surface area (Å²) >= 11 is 0. The van der Waals surface area contributed by atoms with Crippen LogP contribution in [0.3, 0.4) is 0 Å². The summed E-state index contributed by atoms with van der Waals surface area (Å²) in [5, 5.41) is 0. The van der Waals surface area contributed by atoms with Crippen molar-refractivity contribution in [2.45, 2.75) is 25.3 Å². The Kier molecular flexibility index (Phi) is 1.90. The lowest BCUT2D eigenvalue weighted by molar-refractivity contribution is 0.202. The Hall–Kier alpha value is -0.0800. The summed E-state index contributed by atoms with van der Waals surface area (Å²) in [5.41, 5.74) is 5.82. The highest BCUT2D eigenvalue weighted by molar-refractivity contribution is 4.95. The molecule has 1 aliphatic heterocycles. The quantitative estimate of drug-likeness (QED) is 0.601. The first kappa shape index (κ1) is 7.56. The van der Waals surface area contributed by atoms with Crippen LogP contribution in [0, 0.1) is 11.8 Å². The van der Waals surface area contributed by atoms with E-state index in [1.807, 2.05) is 0 Å². The fourth-order valence-electron chi connectivity index (χ4n) is 2.23. The van der Waals surface area contributed by atoms with E-state index in [4.69, 9.17) is 5.73 Å². The molecule has 2 heteroatoms. The Bertz CT molecular complexity index is 138. The van der Waals surface area contributed by atoms with Gasteiger partial charge >= 0.3 is 0 Å². The molecule has 2 N–H and O–H groups in total. The monoisotopic (exact) mass is 154 g/mol. The first-order chi connectivity index (χ1) is 5.27. The standard InChI is InChI=1S/C9H18N2/c1-11-4-2-7(3-5-11)8-6-9(8)10/h7-9H,2-6,10H2,1H3/t8-,9+/m0/s1. The lowest BCUT2D eigenvalue weighted by atomic mass is 9.92. The van der Waals surface area contributed by atoms with Crippen molar-refractivity contribution in [3.8, 4) is 0 Å². The zero-order valence-corrected chi connectivity index (χ0v) is 7.29. The minimum absolute atomic E-state index is 0.559. The van der Waals surface area contributed by atoms with E-state index in [2.05, 4.69) is 11.9 Å². The number of rotatable bonds is 1. The Morgan fingerprint density at radius 2 is 1.82 bits per heavy atom. The average molecular weight is 154 g/mol. The summed E-state index contributed by atoms with van der Waals surface area (Å²) in [6.07, 6.45) is 4.07. The second-order valence-corrected chi connectivity index (χ2v) is 4.20. The molecule has 2 atom stereocenters. The molecule has 0 amide bonds. The lowest BCUT2D eigenvalue weighted by Crippen LogP contribution is -2.31. The minimum Gasteiger partial charge on any atom is -0.327 e. The van der Waals surface area contributed by atoms with Crippen molar-refractivity contribution in [3.63, 3.8) is 0 Å². The van der Waals surface area contributed by atoms with Gasteiger partial charge in [0.1, 0.15) is 0 Å². The van der Waals surface area contributed by atoms with Gasteiger partial charge < -0.3 is 10.6 Å². The molecule has 0 aromatic rings. The third-order valence-electron chi connectivity index (χ3n) is 3.26. The SMILES string of the molecule is CN1CCC([C@@H]2C[C@H]2N)CC1. The second-order valence-electron chi connectivity index (χ2n) is 4.20. The third-order valence-corrected chi connectivity index (χ3v) is 3.26. The molecular formula is C9H18N2. The molecule has 0 aromatic heterocycles. The fraction of sp³-hybridized carbons (Fsp3) is 1.00. The zero-order valence-electron chi connectivity index (χ0n) is 7.29. The van der Waals surface area contributed by atoms with Crippen LogP contribution in [0.4, 0.5) is 0 Å². The van der Waals surface area contributed by atoms with Gasteiger partial charge in [-0.05, 0) is 51.2 Å². The molecule has 0 unspecified atom stereocenters. The number of hydrogen-bond donors (Lipinski definition) is 1. The van der Waals surface area contributed by atoms with E-state index in [9.17, 15) is 0 Å². The van der Waals surface area contributed by atoms with Crippen LogP contribution in [-0.2, 0) is 0 Å². The van der Waals surface area contributed by atoms with Crippen LogP contribution in [0.5, 0.6) is 0 Å². The highest BCUT2D eigenvalue weighted by Gasteiger charge is 2.40. The summed E-state index contributed by atoms with van der Waals surface area (Å²) in [6, 6.07) is 0.559. The van der Waals surface area contributed by atoms with Crippen LogP contribution in [0.2, 0.25) is 0 Å². The molecule has 2 nitrogen and oxygen atoms in total. The number of piperidine rings is 1. The molecule has 0 radical (unpaired) electrons. The van der Waals surface area contributed by atoms with Crippen molar-refractivity contribution in [1.82, 2.24) is 4.90 Å². The van der Waals surface area contributed by atoms with E-state index in [1.54, 1.807) is 0 Å². The third kappa shape index (κ3) is 1.57. The van der Waals surface area contributed by atoms with Crippen LogP contribution < -0.4 is 5.73 Å². The van der Waals surface area contributed by atoms with Gasteiger partial charge in [-0.15, -0.1) is 0 Å². The van der Waals surface area contributed by atoms with Crippen LogP contribution >= 0.6 is 0 Å². The molecule has 64 valence electrons. The summed E-state index contributed by atoms with van der Waals surface area (Å²) in [5.74, 6) is 1.85. The van der Waals surface area contributed by atoms with E-state index < -0.39 is 0 Å². The van der Waals surface area contributed by atoms with Crippen LogP contribution in [0.15, 0.2) is 0 Å². The highest BCUT2D eigenvalue weighted by Crippen LogP contribution is 2.40. The molecule has 11 heavy (non-hydrogen) atoms. The molecule has 1 saturated carbocycles. The van der Waals surface area contributed by atoms with Crippen LogP contribution in [0.25, 0.3) is 0 Å². The van der Waals surface area contributed by atoms with Gasteiger partial charge in [0, 0.05) is 6.04 Å². The Labute approximate surface area is 68.7 Å². The van der Waals surface area contributed by atoms with Crippen molar-refractivity contribution in [3.05, 3.63) is 0 Å². The predicted molar refractivity (Wildman–Crippen MR) is 46.3 cm³/mol. The number of hydrogen-bond acceptors (Lipinski definition) is 2. The number of nitrogens with two attached hydrogens (primary N) is 1. The van der Waals surface area contributed by atoms with E-state index in [1.165, 1.54) is 32.4 Å². The maximum absolute atomic E-state index is 5.82. The molecule has 2 rings (SSSR count). The molecule has 0 spiro atoms. The maximum atomic E-state index is 5.82. The zero-order chi connectivity index (χ0) is 7.84. The van der Waals surface area contributed by atoms with Gasteiger partial charge in [-0.1, -0.05) is 0 Å². The predicted octanol–water partition coefficient (Wildman–Crippen LogP) is 0.675. The van der Waals surface area contributed by atoms with Gasteiger partial charge in [0.05, 0.1) is 0 Å². The van der Waals surface area contributed by atoms with Crippen molar-refractivity contribution in [1.29, 1.82) is 0 Å². The van der Waals surface area contributed by atoms with Crippen LogP contribution in [-0.4, -0.2) is 31.1 Å². The fourth-order valence-corrected chi connectivity index (χ4v) is 2.23. The van der Waals surface area contributed by atoms with Crippen molar-refractivity contribution in [2.24, 2.45) is 17.6 Å². The highest BCUT2D eigenvalue weighted by atomic mass is 15.1. The summed E-state index contributed by atoms with van der Waals surface area (Å²) in [7, 11) is 2.21. The van der Waals surface area contributed by atoms with E-state index >= 15 is 0 Å². The van der Waals surface area contributed by atoms with Crippen LogP contribution in [0.1, 0.15) is 19.3 Å². The van der Waals surface area contributed by atoms with Crippen molar-refractivity contribution < 1.29 is 0 Å². The van der Waals surface area contributed by atoms with Gasteiger partial charge in [-0.25, -0.2) is 0 Å². The smallest absolute Gasteiger partial charge is 0.00737 e. The first-order valence-corrected chi connectivity index (χ1v) is 4.71.